The number of anilines is 3. The van der Waals surface area contributed by atoms with Gasteiger partial charge in [-0.15, -0.1) is 0 Å². The molecule has 1 fully saturated rings. The Balaban J connectivity index is 1.49. The summed E-state index contributed by atoms with van der Waals surface area (Å²) in [4.78, 5) is 61.5. The molecular weight excluding hydrogens is 454 g/mol. The van der Waals surface area contributed by atoms with Gasteiger partial charge in [-0.3, -0.25) is 19.2 Å². The number of nitrogens with zero attached hydrogens (tertiary/aromatic N) is 1. The molecule has 0 aromatic heterocycles. The van der Waals surface area contributed by atoms with Gasteiger partial charge >= 0.3 is 11.9 Å². The lowest BCUT2D eigenvalue weighted by atomic mass is 10.1. The molecule has 3 amide bonds. The van der Waals surface area contributed by atoms with E-state index in [2.05, 4.69) is 10.6 Å². The zero-order chi connectivity index (χ0) is 25.5. The SMILES string of the molecule is CC(=O)Nc1ccc(NC(=O)COC(=O)[C@@H]2CC(=O)N(c3ccc(C(=O)OC(C)C)cc3)C2)cc1. The van der Waals surface area contributed by atoms with Crippen molar-refractivity contribution in [1.29, 1.82) is 0 Å². The van der Waals surface area contributed by atoms with Crippen molar-refractivity contribution in [3.63, 3.8) is 0 Å². The smallest absolute Gasteiger partial charge is 0.338 e. The number of carbonyl (C=O) groups is 5. The van der Waals surface area contributed by atoms with Crippen molar-refractivity contribution in [3.8, 4) is 0 Å². The van der Waals surface area contributed by atoms with Gasteiger partial charge in [0.1, 0.15) is 0 Å². The van der Waals surface area contributed by atoms with Gasteiger partial charge in [0.15, 0.2) is 6.61 Å². The molecule has 1 aliphatic heterocycles. The average molecular weight is 482 g/mol. The van der Waals surface area contributed by atoms with Crippen LogP contribution in [-0.4, -0.2) is 48.9 Å². The molecule has 1 aliphatic rings. The van der Waals surface area contributed by atoms with Crippen LogP contribution in [0.1, 0.15) is 37.6 Å². The van der Waals surface area contributed by atoms with Gasteiger partial charge in [-0.25, -0.2) is 4.79 Å². The van der Waals surface area contributed by atoms with Gasteiger partial charge < -0.3 is 25.0 Å². The third-order valence-corrected chi connectivity index (χ3v) is 5.05. The Morgan fingerprint density at radius 3 is 2.14 bits per heavy atom. The number of carbonyl (C=O) groups excluding carboxylic acids is 5. The average Bonchev–Trinajstić information content (AvgIpc) is 3.20. The molecule has 0 radical (unpaired) electrons. The molecule has 1 saturated heterocycles. The number of benzene rings is 2. The van der Waals surface area contributed by atoms with Gasteiger partial charge in [-0.2, -0.15) is 0 Å². The second-order valence-electron chi connectivity index (χ2n) is 8.32. The van der Waals surface area contributed by atoms with Gasteiger partial charge in [0, 0.05) is 37.0 Å². The van der Waals surface area contributed by atoms with E-state index in [4.69, 9.17) is 9.47 Å². The predicted molar refractivity (Wildman–Crippen MR) is 128 cm³/mol. The second kappa shape index (κ2) is 11.3. The van der Waals surface area contributed by atoms with Gasteiger partial charge in [0.05, 0.1) is 17.6 Å². The van der Waals surface area contributed by atoms with Crippen LogP contribution in [0, 0.1) is 5.92 Å². The van der Waals surface area contributed by atoms with E-state index >= 15 is 0 Å². The maximum Gasteiger partial charge on any atom is 0.338 e. The minimum absolute atomic E-state index is 0.0395. The van der Waals surface area contributed by atoms with Crippen LogP contribution in [0.4, 0.5) is 17.1 Å². The Hall–Kier alpha value is -4.21. The summed E-state index contributed by atoms with van der Waals surface area (Å²) in [6.45, 7) is 4.52. The van der Waals surface area contributed by atoms with E-state index in [0.29, 0.717) is 22.6 Å². The number of hydrogen-bond donors (Lipinski definition) is 2. The number of amides is 3. The van der Waals surface area contributed by atoms with Crippen LogP contribution >= 0.6 is 0 Å². The normalized spacial score (nSPS) is 15.0. The lowest BCUT2D eigenvalue weighted by Crippen LogP contribution is -2.28. The molecule has 0 spiro atoms. The molecule has 0 bridgehead atoms. The molecule has 0 aliphatic carbocycles. The third kappa shape index (κ3) is 7.13. The van der Waals surface area contributed by atoms with Crippen molar-refractivity contribution in [3.05, 3.63) is 54.1 Å². The molecule has 10 nitrogen and oxygen atoms in total. The Kier molecular flexibility index (Phi) is 8.19. The number of hydrogen-bond acceptors (Lipinski definition) is 7. The van der Waals surface area contributed by atoms with E-state index in [1.165, 1.54) is 11.8 Å². The molecule has 2 N–H and O–H groups in total. The largest absolute Gasteiger partial charge is 0.459 e. The molecule has 2 aromatic rings. The minimum Gasteiger partial charge on any atom is -0.459 e. The lowest BCUT2D eigenvalue weighted by Gasteiger charge is -2.17. The molecule has 0 saturated carbocycles. The number of nitrogens with one attached hydrogen (secondary N) is 2. The zero-order valence-corrected chi connectivity index (χ0v) is 19.7. The summed E-state index contributed by atoms with van der Waals surface area (Å²) >= 11 is 0. The van der Waals surface area contributed by atoms with Crippen molar-refractivity contribution in [2.75, 3.05) is 28.7 Å². The number of esters is 2. The van der Waals surface area contributed by atoms with Crippen LogP contribution in [0.5, 0.6) is 0 Å². The molecule has 10 heteroatoms. The van der Waals surface area contributed by atoms with Gasteiger partial charge in [0.25, 0.3) is 5.91 Å². The molecular formula is C25H27N3O7. The van der Waals surface area contributed by atoms with E-state index < -0.39 is 30.4 Å². The highest BCUT2D eigenvalue weighted by atomic mass is 16.5. The summed E-state index contributed by atoms with van der Waals surface area (Å²) in [5.74, 6) is -2.81. The first-order chi connectivity index (χ1) is 16.6. The van der Waals surface area contributed by atoms with Crippen molar-refractivity contribution in [2.24, 2.45) is 5.92 Å². The van der Waals surface area contributed by atoms with Crippen molar-refractivity contribution >= 4 is 46.7 Å². The summed E-state index contributed by atoms with van der Waals surface area (Å²) in [6.07, 6.45) is -0.283. The standard InChI is InChI=1S/C25H27N3O7/c1-15(2)35-25(33)17-4-10-21(11-5-17)28-13-18(12-23(28)31)24(32)34-14-22(30)27-20-8-6-19(7-9-20)26-16(3)29/h4-11,15,18H,12-14H2,1-3H3,(H,26,29)(H,27,30)/t18-/m1/s1. The van der Waals surface area contributed by atoms with Crippen LogP contribution in [0.25, 0.3) is 0 Å². The fourth-order valence-corrected chi connectivity index (χ4v) is 3.47. The molecule has 184 valence electrons. The molecule has 35 heavy (non-hydrogen) atoms. The predicted octanol–water partition coefficient (Wildman–Crippen LogP) is 2.75. The number of rotatable bonds is 8. The fourth-order valence-electron chi connectivity index (χ4n) is 3.47. The van der Waals surface area contributed by atoms with Gasteiger partial charge in [-0.05, 0) is 62.4 Å². The highest BCUT2D eigenvalue weighted by molar-refractivity contribution is 6.00. The number of ether oxygens (including phenoxy) is 2. The fraction of sp³-hybridized carbons (Fsp3) is 0.320. The van der Waals surface area contributed by atoms with Crippen LogP contribution in [0.15, 0.2) is 48.5 Å². The minimum atomic E-state index is -0.710. The summed E-state index contributed by atoms with van der Waals surface area (Å²) in [6, 6.07) is 12.8. The van der Waals surface area contributed by atoms with Crippen molar-refractivity contribution in [2.45, 2.75) is 33.3 Å². The van der Waals surface area contributed by atoms with E-state index in [-0.39, 0.29) is 30.9 Å². The van der Waals surface area contributed by atoms with Gasteiger partial charge in [0.2, 0.25) is 11.8 Å². The maximum atomic E-state index is 12.4. The van der Waals surface area contributed by atoms with Crippen LogP contribution in [0.3, 0.4) is 0 Å². The van der Waals surface area contributed by atoms with E-state index in [1.54, 1.807) is 62.4 Å². The topological polar surface area (TPSA) is 131 Å². The summed E-state index contributed by atoms with van der Waals surface area (Å²) < 4.78 is 10.3. The van der Waals surface area contributed by atoms with Crippen molar-refractivity contribution in [1.82, 2.24) is 0 Å². The van der Waals surface area contributed by atoms with E-state index in [9.17, 15) is 24.0 Å². The summed E-state index contributed by atoms with van der Waals surface area (Å²) in [7, 11) is 0. The molecule has 1 heterocycles. The lowest BCUT2D eigenvalue weighted by molar-refractivity contribution is -0.151. The Morgan fingerprint density at radius 2 is 1.57 bits per heavy atom. The van der Waals surface area contributed by atoms with E-state index in [1.807, 2.05) is 0 Å². The van der Waals surface area contributed by atoms with Crippen LogP contribution in [0.2, 0.25) is 0 Å². The highest BCUT2D eigenvalue weighted by Crippen LogP contribution is 2.26. The first-order valence-corrected chi connectivity index (χ1v) is 11.1. The van der Waals surface area contributed by atoms with Crippen molar-refractivity contribution < 1.29 is 33.4 Å². The Bertz CT molecular complexity index is 1110. The monoisotopic (exact) mass is 481 g/mol. The molecule has 3 rings (SSSR count). The first kappa shape index (κ1) is 25.4. The van der Waals surface area contributed by atoms with Crippen LogP contribution < -0.4 is 15.5 Å². The molecule has 1 atom stereocenters. The first-order valence-electron chi connectivity index (χ1n) is 11.1. The van der Waals surface area contributed by atoms with E-state index in [0.717, 1.165) is 0 Å². The third-order valence-electron chi connectivity index (χ3n) is 5.05. The molecule has 2 aromatic carbocycles. The van der Waals surface area contributed by atoms with Crippen LogP contribution in [-0.2, 0) is 28.7 Å². The van der Waals surface area contributed by atoms with Gasteiger partial charge in [-0.1, -0.05) is 0 Å². The summed E-state index contributed by atoms with van der Waals surface area (Å²) in [5.41, 5.74) is 1.97. The maximum absolute atomic E-state index is 12.4. The second-order valence-corrected chi connectivity index (χ2v) is 8.32. The molecule has 0 unspecified atom stereocenters. The Labute approximate surface area is 202 Å². The summed E-state index contributed by atoms with van der Waals surface area (Å²) in [5, 5.41) is 5.21. The quantitative estimate of drug-likeness (QED) is 0.554. The Morgan fingerprint density at radius 1 is 0.971 bits per heavy atom. The zero-order valence-electron chi connectivity index (χ0n) is 19.7. The highest BCUT2D eigenvalue weighted by Gasteiger charge is 2.36.